The number of amides is 2. The molecule has 0 unspecified atom stereocenters. The summed E-state index contributed by atoms with van der Waals surface area (Å²) in [4.78, 5) is 11.4. The standard InChI is InChI=1S/C12H15N3O3/c13-9-10-1-3-11(4-2-10)15-12(17)14-5-7-18-8-6-16/h1-4,16H,5-8H2,(H2,14,15,17). The number of aliphatic hydroxyl groups is 1. The minimum absolute atomic E-state index is 0.0303. The molecule has 2 amide bonds. The number of ether oxygens (including phenoxy) is 1. The first-order valence-electron chi connectivity index (χ1n) is 5.50. The lowest BCUT2D eigenvalue weighted by Gasteiger charge is -2.07. The van der Waals surface area contributed by atoms with Gasteiger partial charge in [0.1, 0.15) is 0 Å². The molecule has 0 aliphatic carbocycles. The first kappa shape index (κ1) is 14.0. The molecule has 1 rings (SSSR count). The van der Waals surface area contributed by atoms with Crippen LogP contribution in [0.2, 0.25) is 0 Å². The molecule has 0 fully saturated rings. The summed E-state index contributed by atoms with van der Waals surface area (Å²) in [5, 5.41) is 22.3. The molecule has 0 spiro atoms. The highest BCUT2D eigenvalue weighted by atomic mass is 16.5. The van der Waals surface area contributed by atoms with Gasteiger partial charge >= 0.3 is 6.03 Å². The van der Waals surface area contributed by atoms with Gasteiger partial charge in [0.25, 0.3) is 0 Å². The summed E-state index contributed by atoms with van der Waals surface area (Å²) in [6, 6.07) is 8.21. The van der Waals surface area contributed by atoms with Gasteiger partial charge in [-0.25, -0.2) is 4.79 Å². The smallest absolute Gasteiger partial charge is 0.319 e. The summed E-state index contributed by atoms with van der Waals surface area (Å²) in [6.07, 6.45) is 0. The Morgan fingerprint density at radius 3 is 2.67 bits per heavy atom. The molecule has 3 N–H and O–H groups in total. The SMILES string of the molecule is N#Cc1ccc(NC(=O)NCCOCCO)cc1. The Balaban J connectivity index is 2.25. The number of carbonyl (C=O) groups is 1. The highest BCUT2D eigenvalue weighted by molar-refractivity contribution is 5.89. The van der Waals surface area contributed by atoms with Gasteiger partial charge in [-0.15, -0.1) is 0 Å². The van der Waals surface area contributed by atoms with Crippen molar-refractivity contribution >= 4 is 11.7 Å². The molecule has 0 heterocycles. The van der Waals surface area contributed by atoms with Crippen molar-refractivity contribution in [3.8, 4) is 6.07 Å². The molecule has 1 aromatic carbocycles. The van der Waals surface area contributed by atoms with Crippen molar-refractivity contribution in [3.63, 3.8) is 0 Å². The third-order valence-electron chi connectivity index (χ3n) is 2.04. The van der Waals surface area contributed by atoms with E-state index in [1.807, 2.05) is 6.07 Å². The van der Waals surface area contributed by atoms with Gasteiger partial charge in [0.2, 0.25) is 0 Å². The van der Waals surface area contributed by atoms with E-state index >= 15 is 0 Å². The highest BCUT2D eigenvalue weighted by Gasteiger charge is 2.00. The summed E-state index contributed by atoms with van der Waals surface area (Å²) in [5.74, 6) is 0. The van der Waals surface area contributed by atoms with Crippen LogP contribution in [-0.2, 0) is 4.74 Å². The van der Waals surface area contributed by atoms with Crippen LogP contribution < -0.4 is 10.6 Å². The van der Waals surface area contributed by atoms with Gasteiger partial charge in [-0.05, 0) is 24.3 Å². The second-order valence-corrected chi connectivity index (χ2v) is 3.41. The third-order valence-corrected chi connectivity index (χ3v) is 2.04. The average molecular weight is 249 g/mol. The minimum Gasteiger partial charge on any atom is -0.394 e. The van der Waals surface area contributed by atoms with Crippen LogP contribution >= 0.6 is 0 Å². The number of urea groups is 1. The second kappa shape index (κ2) is 8.06. The average Bonchev–Trinajstić information content (AvgIpc) is 2.39. The summed E-state index contributed by atoms with van der Waals surface area (Å²) >= 11 is 0. The third kappa shape index (κ3) is 5.30. The maximum atomic E-state index is 11.4. The van der Waals surface area contributed by atoms with Crippen molar-refractivity contribution in [3.05, 3.63) is 29.8 Å². The number of aliphatic hydroxyl groups excluding tert-OH is 1. The zero-order valence-electron chi connectivity index (χ0n) is 9.85. The Morgan fingerprint density at radius 1 is 1.33 bits per heavy atom. The maximum Gasteiger partial charge on any atom is 0.319 e. The lowest BCUT2D eigenvalue weighted by atomic mass is 10.2. The maximum absolute atomic E-state index is 11.4. The predicted octanol–water partition coefficient (Wildman–Crippen LogP) is 0.689. The van der Waals surface area contributed by atoms with Crippen molar-refractivity contribution in [2.45, 2.75) is 0 Å². The second-order valence-electron chi connectivity index (χ2n) is 3.41. The fourth-order valence-electron chi connectivity index (χ4n) is 1.21. The minimum atomic E-state index is -0.340. The van der Waals surface area contributed by atoms with Gasteiger partial charge in [-0.2, -0.15) is 5.26 Å². The number of hydrogen-bond donors (Lipinski definition) is 3. The number of anilines is 1. The van der Waals surface area contributed by atoms with Crippen molar-refractivity contribution in [2.24, 2.45) is 0 Å². The van der Waals surface area contributed by atoms with E-state index < -0.39 is 0 Å². The summed E-state index contributed by atoms with van der Waals surface area (Å²) < 4.78 is 4.99. The number of nitrogens with one attached hydrogen (secondary N) is 2. The number of hydrogen-bond acceptors (Lipinski definition) is 4. The fraction of sp³-hybridized carbons (Fsp3) is 0.333. The van der Waals surface area contributed by atoms with Crippen LogP contribution in [-0.4, -0.2) is 37.5 Å². The van der Waals surface area contributed by atoms with E-state index in [9.17, 15) is 4.79 Å². The van der Waals surface area contributed by atoms with Crippen LogP contribution in [0, 0.1) is 11.3 Å². The number of nitriles is 1. The Kier molecular flexibility index (Phi) is 6.25. The van der Waals surface area contributed by atoms with E-state index in [1.54, 1.807) is 24.3 Å². The quantitative estimate of drug-likeness (QED) is 0.646. The summed E-state index contributed by atoms with van der Waals surface area (Å²) in [5.41, 5.74) is 1.15. The lowest BCUT2D eigenvalue weighted by molar-refractivity contribution is 0.0950. The van der Waals surface area contributed by atoms with Crippen LogP contribution in [0.1, 0.15) is 5.56 Å². The van der Waals surface area contributed by atoms with E-state index in [-0.39, 0.29) is 19.2 Å². The predicted molar refractivity (Wildman–Crippen MR) is 66.1 cm³/mol. The number of rotatable bonds is 6. The normalized spacial score (nSPS) is 9.56. The number of nitrogens with zero attached hydrogens (tertiary/aromatic N) is 1. The van der Waals surface area contributed by atoms with Crippen LogP contribution in [0.3, 0.4) is 0 Å². The largest absolute Gasteiger partial charge is 0.394 e. The highest BCUT2D eigenvalue weighted by Crippen LogP contribution is 2.08. The fourth-order valence-corrected chi connectivity index (χ4v) is 1.21. The molecule has 18 heavy (non-hydrogen) atoms. The topological polar surface area (TPSA) is 94.4 Å². The van der Waals surface area contributed by atoms with E-state index in [2.05, 4.69) is 10.6 Å². The van der Waals surface area contributed by atoms with Crippen LogP contribution in [0.5, 0.6) is 0 Å². The molecule has 96 valence electrons. The molecule has 0 aliphatic rings. The first-order valence-corrected chi connectivity index (χ1v) is 5.50. The Labute approximate surface area is 105 Å². The van der Waals surface area contributed by atoms with Crippen LogP contribution in [0.15, 0.2) is 24.3 Å². The van der Waals surface area contributed by atoms with Crippen molar-refractivity contribution in [1.29, 1.82) is 5.26 Å². The molecule has 0 aliphatic heterocycles. The molecule has 0 atom stereocenters. The number of benzene rings is 1. The first-order chi connectivity index (χ1) is 8.76. The molecule has 0 radical (unpaired) electrons. The summed E-state index contributed by atoms with van der Waals surface area (Å²) in [6.45, 7) is 0.944. The van der Waals surface area contributed by atoms with Gasteiger partial charge in [0, 0.05) is 12.2 Å². The molecule has 0 saturated heterocycles. The molecule has 6 nitrogen and oxygen atoms in total. The Hall–Kier alpha value is -2.10. The molecular weight excluding hydrogens is 234 g/mol. The zero-order chi connectivity index (χ0) is 13.2. The Morgan fingerprint density at radius 2 is 2.06 bits per heavy atom. The molecule has 1 aromatic rings. The van der Waals surface area contributed by atoms with Crippen molar-refractivity contribution in [2.75, 3.05) is 31.7 Å². The van der Waals surface area contributed by atoms with E-state index in [0.29, 0.717) is 24.4 Å². The van der Waals surface area contributed by atoms with Gasteiger partial charge in [-0.1, -0.05) is 0 Å². The number of carbonyl (C=O) groups excluding carboxylic acids is 1. The molecule has 0 saturated carbocycles. The molecule has 0 bridgehead atoms. The molecule has 0 aromatic heterocycles. The van der Waals surface area contributed by atoms with Crippen LogP contribution in [0.4, 0.5) is 10.5 Å². The van der Waals surface area contributed by atoms with Crippen molar-refractivity contribution < 1.29 is 14.6 Å². The van der Waals surface area contributed by atoms with E-state index in [1.165, 1.54) is 0 Å². The molecule has 6 heteroatoms. The van der Waals surface area contributed by atoms with Crippen LogP contribution in [0.25, 0.3) is 0 Å². The van der Waals surface area contributed by atoms with Gasteiger partial charge in [0.05, 0.1) is 31.5 Å². The zero-order valence-corrected chi connectivity index (χ0v) is 9.85. The lowest BCUT2D eigenvalue weighted by Crippen LogP contribution is -2.31. The van der Waals surface area contributed by atoms with Gasteiger partial charge < -0.3 is 20.5 Å². The molecular formula is C12H15N3O3. The Bertz CT molecular complexity index is 412. The van der Waals surface area contributed by atoms with Crippen molar-refractivity contribution in [1.82, 2.24) is 5.32 Å². The van der Waals surface area contributed by atoms with E-state index in [4.69, 9.17) is 15.1 Å². The van der Waals surface area contributed by atoms with Gasteiger partial charge in [-0.3, -0.25) is 0 Å². The monoisotopic (exact) mass is 249 g/mol. The van der Waals surface area contributed by atoms with Gasteiger partial charge in [0.15, 0.2) is 0 Å². The summed E-state index contributed by atoms with van der Waals surface area (Å²) in [7, 11) is 0. The van der Waals surface area contributed by atoms with E-state index in [0.717, 1.165) is 0 Å².